The van der Waals surface area contributed by atoms with E-state index in [0.29, 0.717) is 17.4 Å². The van der Waals surface area contributed by atoms with Gasteiger partial charge in [0.2, 0.25) is 0 Å². The van der Waals surface area contributed by atoms with Crippen molar-refractivity contribution in [2.45, 2.75) is 6.61 Å². The van der Waals surface area contributed by atoms with E-state index in [0.717, 1.165) is 4.88 Å². The molecule has 0 aliphatic carbocycles. The summed E-state index contributed by atoms with van der Waals surface area (Å²) in [6.07, 6.45) is 0. The van der Waals surface area contributed by atoms with Crippen LogP contribution in [-0.4, -0.2) is 29.5 Å². The smallest absolute Gasteiger partial charge is 0.345 e. The van der Waals surface area contributed by atoms with Crippen molar-refractivity contribution in [1.29, 1.82) is 0 Å². The molecule has 1 aromatic carbocycles. The number of carbonyl (C=O) groups is 1. The maximum absolute atomic E-state index is 11.6. The molecule has 2 N–H and O–H groups in total. The summed E-state index contributed by atoms with van der Waals surface area (Å²) >= 11 is 1.61. The number of thiophene rings is 1. The molecule has 6 heteroatoms. The lowest BCUT2D eigenvalue weighted by atomic mass is 10.3. The molecule has 0 bridgehead atoms. The Hall–Kier alpha value is -1.89. The highest BCUT2D eigenvalue weighted by atomic mass is 32.1. The summed E-state index contributed by atoms with van der Waals surface area (Å²) in [6.45, 7) is 0.881. The summed E-state index contributed by atoms with van der Waals surface area (Å²) in [6, 6.07) is 12.3. The Kier molecular flexibility index (Phi) is 5.55. The molecule has 0 saturated heterocycles. The number of amides is 2. The number of urea groups is 1. The van der Waals surface area contributed by atoms with Crippen LogP contribution in [-0.2, 0) is 11.3 Å². The van der Waals surface area contributed by atoms with Gasteiger partial charge in [0.15, 0.2) is 0 Å². The number of hydroxylamine groups is 2. The minimum absolute atomic E-state index is 0.115. The quantitative estimate of drug-likeness (QED) is 0.488. The monoisotopic (exact) mass is 292 g/mol. The lowest BCUT2D eigenvalue weighted by Gasteiger charge is -2.15. The van der Waals surface area contributed by atoms with Crippen molar-refractivity contribution in [3.8, 4) is 0 Å². The average Bonchev–Trinajstić information content (AvgIpc) is 2.97. The zero-order valence-corrected chi connectivity index (χ0v) is 11.7. The SMILES string of the molecule is O=C(Nc1ccccc1)N(O)CCOCc1cccs1. The van der Waals surface area contributed by atoms with E-state index in [4.69, 9.17) is 4.74 Å². The molecule has 2 aromatic rings. The van der Waals surface area contributed by atoms with Crippen LogP contribution in [0.1, 0.15) is 4.88 Å². The van der Waals surface area contributed by atoms with Crippen molar-refractivity contribution in [2.75, 3.05) is 18.5 Å². The Morgan fingerprint density at radius 2 is 2.05 bits per heavy atom. The van der Waals surface area contributed by atoms with E-state index < -0.39 is 6.03 Å². The van der Waals surface area contributed by atoms with E-state index in [9.17, 15) is 10.0 Å². The van der Waals surface area contributed by atoms with Gasteiger partial charge in [0, 0.05) is 10.6 Å². The van der Waals surface area contributed by atoms with Crippen molar-refractivity contribution < 1.29 is 14.7 Å². The molecule has 1 aromatic heterocycles. The van der Waals surface area contributed by atoms with Gasteiger partial charge in [0.05, 0.1) is 19.8 Å². The molecule has 1 heterocycles. The number of rotatable bonds is 6. The summed E-state index contributed by atoms with van der Waals surface area (Å²) in [5.74, 6) is 0. The molecule has 0 fully saturated rings. The Morgan fingerprint density at radius 3 is 2.75 bits per heavy atom. The van der Waals surface area contributed by atoms with Gasteiger partial charge in [-0.1, -0.05) is 24.3 Å². The van der Waals surface area contributed by atoms with E-state index in [1.54, 1.807) is 23.5 Å². The first kappa shape index (κ1) is 14.5. The normalized spacial score (nSPS) is 10.2. The molecule has 2 amide bonds. The standard InChI is InChI=1S/C14H16N2O3S/c17-14(15-12-5-2-1-3-6-12)16(18)8-9-19-11-13-7-4-10-20-13/h1-7,10,18H,8-9,11H2,(H,15,17). The van der Waals surface area contributed by atoms with Gasteiger partial charge in [-0.15, -0.1) is 11.3 Å². The van der Waals surface area contributed by atoms with E-state index in [-0.39, 0.29) is 13.2 Å². The highest BCUT2D eigenvalue weighted by Crippen LogP contribution is 2.09. The van der Waals surface area contributed by atoms with Gasteiger partial charge in [-0.05, 0) is 23.6 Å². The van der Waals surface area contributed by atoms with Crippen molar-refractivity contribution >= 4 is 23.1 Å². The number of nitrogens with one attached hydrogen (secondary N) is 1. The van der Waals surface area contributed by atoms with Gasteiger partial charge in [-0.25, -0.2) is 9.86 Å². The zero-order chi connectivity index (χ0) is 14.2. The summed E-state index contributed by atoms with van der Waals surface area (Å²) in [4.78, 5) is 12.8. The molecule has 0 aliphatic heterocycles. The van der Waals surface area contributed by atoms with Gasteiger partial charge >= 0.3 is 6.03 Å². The highest BCUT2D eigenvalue weighted by Gasteiger charge is 2.10. The van der Waals surface area contributed by atoms with Crippen LogP contribution in [0.2, 0.25) is 0 Å². The first-order valence-electron chi connectivity index (χ1n) is 6.18. The van der Waals surface area contributed by atoms with Crippen molar-refractivity contribution in [2.24, 2.45) is 0 Å². The molecule has 2 rings (SSSR count). The largest absolute Gasteiger partial charge is 0.374 e. The number of benzene rings is 1. The number of hydrogen-bond acceptors (Lipinski definition) is 4. The molecular formula is C14H16N2O3S. The van der Waals surface area contributed by atoms with Gasteiger partial charge < -0.3 is 10.1 Å². The molecule has 0 spiro atoms. The zero-order valence-electron chi connectivity index (χ0n) is 10.9. The molecule has 20 heavy (non-hydrogen) atoms. The minimum atomic E-state index is -0.573. The van der Waals surface area contributed by atoms with Crippen LogP contribution >= 0.6 is 11.3 Å². The number of hydrogen-bond donors (Lipinski definition) is 2. The van der Waals surface area contributed by atoms with E-state index in [2.05, 4.69) is 5.32 Å². The molecule has 0 saturated carbocycles. The third kappa shape index (κ3) is 4.65. The first-order chi connectivity index (χ1) is 9.75. The van der Waals surface area contributed by atoms with Gasteiger partial charge in [-0.3, -0.25) is 5.21 Å². The molecule has 106 valence electrons. The Labute approximate surface area is 121 Å². The molecule has 0 unspecified atom stereocenters. The molecule has 0 aliphatic rings. The summed E-state index contributed by atoms with van der Waals surface area (Å²) in [7, 11) is 0. The summed E-state index contributed by atoms with van der Waals surface area (Å²) in [5.41, 5.74) is 0.635. The lowest BCUT2D eigenvalue weighted by Crippen LogP contribution is -2.34. The molecule has 5 nitrogen and oxygen atoms in total. The van der Waals surface area contributed by atoms with Gasteiger partial charge in [-0.2, -0.15) is 0 Å². The van der Waals surface area contributed by atoms with Crippen LogP contribution in [0.15, 0.2) is 47.8 Å². The second-order valence-corrected chi connectivity index (χ2v) is 5.08. The maximum Gasteiger partial charge on any atom is 0.345 e. The van der Waals surface area contributed by atoms with Gasteiger partial charge in [0.1, 0.15) is 0 Å². The fourth-order valence-corrected chi connectivity index (χ4v) is 2.17. The Balaban J connectivity index is 1.66. The van der Waals surface area contributed by atoms with Crippen molar-refractivity contribution in [3.63, 3.8) is 0 Å². The maximum atomic E-state index is 11.6. The fraction of sp³-hybridized carbons (Fsp3) is 0.214. The van der Waals surface area contributed by atoms with Crippen LogP contribution in [0.3, 0.4) is 0 Å². The number of ether oxygens (including phenoxy) is 1. The minimum Gasteiger partial charge on any atom is -0.374 e. The van der Waals surface area contributed by atoms with E-state index in [1.807, 2.05) is 35.7 Å². The second kappa shape index (κ2) is 7.64. The first-order valence-corrected chi connectivity index (χ1v) is 7.06. The fourth-order valence-electron chi connectivity index (χ4n) is 1.53. The van der Waals surface area contributed by atoms with Crippen LogP contribution in [0, 0.1) is 0 Å². The summed E-state index contributed by atoms with van der Waals surface area (Å²) < 4.78 is 5.38. The third-order valence-corrected chi connectivity index (χ3v) is 3.38. The predicted molar refractivity (Wildman–Crippen MR) is 77.9 cm³/mol. The van der Waals surface area contributed by atoms with Crippen molar-refractivity contribution in [3.05, 3.63) is 52.7 Å². The number of anilines is 1. The third-order valence-electron chi connectivity index (χ3n) is 2.53. The Morgan fingerprint density at radius 1 is 1.25 bits per heavy atom. The summed E-state index contributed by atoms with van der Waals surface area (Å²) in [5, 5.41) is 14.7. The number of carbonyl (C=O) groups excluding carboxylic acids is 1. The second-order valence-electron chi connectivity index (χ2n) is 4.05. The van der Waals surface area contributed by atoms with Crippen LogP contribution in [0.25, 0.3) is 0 Å². The van der Waals surface area contributed by atoms with Crippen LogP contribution in [0.4, 0.5) is 10.5 Å². The Bertz CT molecular complexity index is 516. The van der Waals surface area contributed by atoms with Gasteiger partial charge in [0.25, 0.3) is 0 Å². The molecule has 0 radical (unpaired) electrons. The lowest BCUT2D eigenvalue weighted by molar-refractivity contribution is -0.0561. The highest BCUT2D eigenvalue weighted by molar-refractivity contribution is 7.09. The topological polar surface area (TPSA) is 61.8 Å². The van der Waals surface area contributed by atoms with Crippen LogP contribution in [0.5, 0.6) is 0 Å². The predicted octanol–water partition coefficient (Wildman–Crippen LogP) is 3.19. The molecule has 0 atom stereocenters. The van der Waals surface area contributed by atoms with Crippen LogP contribution < -0.4 is 5.32 Å². The van der Waals surface area contributed by atoms with Crippen molar-refractivity contribution in [1.82, 2.24) is 5.06 Å². The molecular weight excluding hydrogens is 276 g/mol. The van der Waals surface area contributed by atoms with E-state index >= 15 is 0 Å². The number of para-hydroxylation sites is 1. The number of nitrogens with zero attached hydrogens (tertiary/aromatic N) is 1. The van der Waals surface area contributed by atoms with E-state index in [1.165, 1.54) is 0 Å². The average molecular weight is 292 g/mol.